The summed E-state index contributed by atoms with van der Waals surface area (Å²) in [5.41, 5.74) is 1.31. The number of piperidine rings is 1. The highest BCUT2D eigenvalue weighted by atomic mass is 16.5. The van der Waals surface area contributed by atoms with Crippen LogP contribution in [0.25, 0.3) is 0 Å². The number of para-hydroxylation sites is 1. The first-order valence-electron chi connectivity index (χ1n) is 7.76. The van der Waals surface area contributed by atoms with Gasteiger partial charge in [-0.3, -0.25) is 0 Å². The van der Waals surface area contributed by atoms with Crippen LogP contribution < -0.4 is 10.1 Å². The molecule has 3 heteroatoms. The molecule has 110 valence electrons. The standard InChI is InChI=1S/C17H26N2O/c1-18-17(15-6-4-5-7-16(15)20-3)12-10-13-8-9-14(11-12)19(13)2/h4-7,12-14,17-18H,8-11H2,1-3H3. The normalized spacial score (nSPS) is 31.2. The number of hydrogen-bond acceptors (Lipinski definition) is 3. The third-order valence-corrected chi connectivity index (χ3v) is 5.39. The van der Waals surface area contributed by atoms with Gasteiger partial charge < -0.3 is 15.0 Å². The zero-order valence-electron chi connectivity index (χ0n) is 12.8. The van der Waals surface area contributed by atoms with E-state index in [1.165, 1.54) is 31.2 Å². The van der Waals surface area contributed by atoms with Crippen molar-refractivity contribution in [1.29, 1.82) is 0 Å². The largest absolute Gasteiger partial charge is 0.496 e. The minimum absolute atomic E-state index is 0.406. The van der Waals surface area contributed by atoms with Gasteiger partial charge >= 0.3 is 0 Å². The van der Waals surface area contributed by atoms with E-state index in [1.54, 1.807) is 7.11 Å². The molecule has 2 heterocycles. The number of fused-ring (bicyclic) bond motifs is 2. The van der Waals surface area contributed by atoms with E-state index >= 15 is 0 Å². The Kier molecular flexibility index (Phi) is 3.99. The molecule has 0 aliphatic carbocycles. The number of rotatable bonds is 4. The highest BCUT2D eigenvalue weighted by Gasteiger charge is 2.41. The molecule has 20 heavy (non-hydrogen) atoms. The van der Waals surface area contributed by atoms with E-state index in [1.807, 2.05) is 6.07 Å². The van der Waals surface area contributed by atoms with Crippen molar-refractivity contribution in [2.45, 2.75) is 43.8 Å². The van der Waals surface area contributed by atoms with Crippen molar-refractivity contribution in [3.05, 3.63) is 29.8 Å². The maximum Gasteiger partial charge on any atom is 0.123 e. The monoisotopic (exact) mass is 274 g/mol. The van der Waals surface area contributed by atoms with E-state index in [4.69, 9.17) is 4.74 Å². The fraction of sp³-hybridized carbons (Fsp3) is 0.647. The van der Waals surface area contributed by atoms with Crippen LogP contribution in [0.4, 0.5) is 0 Å². The maximum absolute atomic E-state index is 5.56. The summed E-state index contributed by atoms with van der Waals surface area (Å²) < 4.78 is 5.56. The first-order valence-corrected chi connectivity index (χ1v) is 7.76. The summed E-state index contributed by atoms with van der Waals surface area (Å²) in [5, 5.41) is 3.55. The van der Waals surface area contributed by atoms with Crippen LogP contribution in [0.15, 0.2) is 24.3 Å². The fourth-order valence-corrected chi connectivity index (χ4v) is 4.29. The molecule has 2 fully saturated rings. The van der Waals surface area contributed by atoms with E-state index in [-0.39, 0.29) is 0 Å². The minimum Gasteiger partial charge on any atom is -0.496 e. The first-order chi connectivity index (χ1) is 9.74. The summed E-state index contributed by atoms with van der Waals surface area (Å²) in [7, 11) is 6.15. The molecule has 3 nitrogen and oxygen atoms in total. The van der Waals surface area contributed by atoms with E-state index in [0.717, 1.165) is 17.8 Å². The smallest absolute Gasteiger partial charge is 0.123 e. The van der Waals surface area contributed by atoms with Gasteiger partial charge in [0.1, 0.15) is 5.75 Å². The van der Waals surface area contributed by atoms with Gasteiger partial charge in [0.05, 0.1) is 7.11 Å². The first kappa shape index (κ1) is 13.9. The van der Waals surface area contributed by atoms with Crippen LogP contribution in [0.3, 0.4) is 0 Å². The molecule has 1 aromatic carbocycles. The summed E-state index contributed by atoms with van der Waals surface area (Å²) >= 11 is 0. The lowest BCUT2D eigenvalue weighted by atomic mass is 9.82. The summed E-state index contributed by atoms with van der Waals surface area (Å²) in [4.78, 5) is 2.60. The highest BCUT2D eigenvalue weighted by molar-refractivity contribution is 5.36. The van der Waals surface area contributed by atoms with Crippen LogP contribution in [0, 0.1) is 5.92 Å². The molecule has 3 rings (SSSR count). The number of ether oxygens (including phenoxy) is 1. The number of hydrogen-bond donors (Lipinski definition) is 1. The third-order valence-electron chi connectivity index (χ3n) is 5.39. The summed E-state index contributed by atoms with van der Waals surface area (Å²) in [6, 6.07) is 10.4. The summed E-state index contributed by atoms with van der Waals surface area (Å²) in [6.07, 6.45) is 5.35. The van der Waals surface area contributed by atoms with Gasteiger partial charge in [0, 0.05) is 23.7 Å². The van der Waals surface area contributed by atoms with Crippen LogP contribution in [-0.2, 0) is 0 Å². The number of nitrogens with one attached hydrogen (secondary N) is 1. The Labute approximate surface area is 122 Å². The number of nitrogens with zero attached hydrogens (tertiary/aromatic N) is 1. The van der Waals surface area contributed by atoms with Gasteiger partial charge in [-0.2, -0.15) is 0 Å². The molecule has 0 amide bonds. The molecule has 1 aromatic rings. The maximum atomic E-state index is 5.56. The zero-order chi connectivity index (χ0) is 14.1. The fourth-order valence-electron chi connectivity index (χ4n) is 4.29. The van der Waals surface area contributed by atoms with Gasteiger partial charge in [0.15, 0.2) is 0 Å². The quantitative estimate of drug-likeness (QED) is 0.913. The predicted octanol–water partition coefficient (Wildman–Crippen LogP) is 2.83. The molecule has 0 aromatic heterocycles. The molecule has 0 radical (unpaired) electrons. The van der Waals surface area contributed by atoms with Crippen molar-refractivity contribution in [3.8, 4) is 5.75 Å². The van der Waals surface area contributed by atoms with Crippen molar-refractivity contribution in [2.75, 3.05) is 21.2 Å². The Bertz CT molecular complexity index is 448. The van der Waals surface area contributed by atoms with E-state index in [9.17, 15) is 0 Å². The van der Waals surface area contributed by atoms with Crippen molar-refractivity contribution in [2.24, 2.45) is 5.92 Å². The molecule has 2 aliphatic rings. The molecule has 2 aliphatic heterocycles. The van der Waals surface area contributed by atoms with Gasteiger partial charge in [-0.25, -0.2) is 0 Å². The third kappa shape index (κ3) is 2.33. The van der Waals surface area contributed by atoms with E-state index in [2.05, 4.69) is 42.5 Å². The number of methoxy groups -OCH3 is 1. The van der Waals surface area contributed by atoms with Gasteiger partial charge in [-0.05, 0) is 51.8 Å². The lowest BCUT2D eigenvalue weighted by Gasteiger charge is -2.40. The van der Waals surface area contributed by atoms with Crippen molar-refractivity contribution >= 4 is 0 Å². The van der Waals surface area contributed by atoms with Crippen LogP contribution in [0.2, 0.25) is 0 Å². The molecule has 2 saturated heterocycles. The van der Waals surface area contributed by atoms with Crippen molar-refractivity contribution in [3.63, 3.8) is 0 Å². The van der Waals surface area contributed by atoms with E-state index < -0.39 is 0 Å². The average molecular weight is 274 g/mol. The van der Waals surface area contributed by atoms with E-state index in [0.29, 0.717) is 12.0 Å². The molecule has 3 atom stereocenters. The van der Waals surface area contributed by atoms with Crippen LogP contribution in [0.1, 0.15) is 37.3 Å². The Morgan fingerprint density at radius 3 is 2.45 bits per heavy atom. The second kappa shape index (κ2) is 5.74. The Balaban J connectivity index is 1.84. The average Bonchev–Trinajstić information content (AvgIpc) is 2.70. The second-order valence-corrected chi connectivity index (χ2v) is 6.29. The van der Waals surface area contributed by atoms with Gasteiger partial charge in [0.25, 0.3) is 0 Å². The predicted molar refractivity (Wildman–Crippen MR) is 82.1 cm³/mol. The van der Waals surface area contributed by atoms with Gasteiger partial charge in [-0.1, -0.05) is 18.2 Å². The second-order valence-electron chi connectivity index (χ2n) is 6.29. The van der Waals surface area contributed by atoms with Crippen molar-refractivity contribution in [1.82, 2.24) is 10.2 Å². The molecule has 0 spiro atoms. The molecule has 0 saturated carbocycles. The molecule has 2 bridgehead atoms. The molecule has 3 unspecified atom stereocenters. The molecular weight excluding hydrogens is 248 g/mol. The molecule has 1 N–H and O–H groups in total. The molecular formula is C17H26N2O. The van der Waals surface area contributed by atoms with Crippen LogP contribution in [-0.4, -0.2) is 38.2 Å². The zero-order valence-corrected chi connectivity index (χ0v) is 12.8. The Morgan fingerprint density at radius 1 is 1.20 bits per heavy atom. The topological polar surface area (TPSA) is 24.5 Å². The summed E-state index contributed by atoms with van der Waals surface area (Å²) in [5.74, 6) is 1.73. The highest BCUT2D eigenvalue weighted by Crippen LogP contribution is 2.43. The lowest BCUT2D eigenvalue weighted by Crippen LogP contribution is -2.43. The minimum atomic E-state index is 0.406. The Hall–Kier alpha value is -1.06. The van der Waals surface area contributed by atoms with Crippen LogP contribution in [0.5, 0.6) is 5.75 Å². The van der Waals surface area contributed by atoms with Gasteiger partial charge in [0.2, 0.25) is 0 Å². The van der Waals surface area contributed by atoms with Crippen LogP contribution >= 0.6 is 0 Å². The summed E-state index contributed by atoms with van der Waals surface area (Å²) in [6.45, 7) is 0. The Morgan fingerprint density at radius 2 is 1.85 bits per heavy atom. The number of benzene rings is 1. The SMILES string of the molecule is CNC(c1ccccc1OC)C1CC2CCC(C1)N2C. The van der Waals surface area contributed by atoms with Crippen molar-refractivity contribution < 1.29 is 4.74 Å². The van der Waals surface area contributed by atoms with Gasteiger partial charge in [-0.15, -0.1) is 0 Å². The lowest BCUT2D eigenvalue weighted by molar-refractivity contribution is 0.113.